The first kappa shape index (κ1) is 14.7. The molecule has 0 saturated heterocycles. The van der Waals surface area contributed by atoms with E-state index in [1.807, 2.05) is 4.72 Å². The van der Waals surface area contributed by atoms with Gasteiger partial charge in [0.05, 0.1) is 4.90 Å². The number of carbonyl (C=O) groups is 1. The van der Waals surface area contributed by atoms with E-state index in [0.717, 1.165) is 6.08 Å². The molecule has 5 nitrogen and oxygen atoms in total. The Balaban J connectivity index is 2.10. The Kier molecular flexibility index (Phi) is 4.53. The lowest BCUT2D eigenvalue weighted by molar-refractivity contribution is -0.114. The van der Waals surface area contributed by atoms with Crippen LogP contribution in [0.4, 0.5) is 0 Å². The van der Waals surface area contributed by atoms with Crippen molar-refractivity contribution in [1.29, 1.82) is 0 Å². The van der Waals surface area contributed by atoms with Gasteiger partial charge in [-0.25, -0.2) is 18.1 Å². The number of nitrogens with zero attached hydrogens (tertiary/aromatic N) is 1. The highest BCUT2D eigenvalue weighted by atomic mass is 35.5. The van der Waals surface area contributed by atoms with Gasteiger partial charge in [0.2, 0.25) is 0 Å². The molecule has 2 rings (SSSR count). The topological polar surface area (TPSA) is 76.1 Å². The maximum absolute atomic E-state index is 11.9. The molecule has 0 aliphatic carbocycles. The maximum atomic E-state index is 11.9. The molecule has 0 atom stereocenters. The van der Waals surface area contributed by atoms with Gasteiger partial charge in [-0.05, 0) is 24.3 Å². The van der Waals surface area contributed by atoms with Crippen LogP contribution < -0.4 is 4.72 Å². The predicted molar refractivity (Wildman–Crippen MR) is 77.9 cm³/mol. The Morgan fingerprint density at radius 1 is 1.40 bits per heavy atom. The largest absolute Gasteiger partial charge is 0.269 e. The molecular weight excluding hydrogens is 320 g/mol. The van der Waals surface area contributed by atoms with E-state index < -0.39 is 15.9 Å². The quantitative estimate of drug-likeness (QED) is 0.874. The zero-order valence-electron chi connectivity index (χ0n) is 9.99. The molecule has 0 saturated carbocycles. The number of sulfonamides is 1. The Labute approximate surface area is 125 Å². The lowest BCUT2D eigenvalue weighted by Gasteiger charge is -2.04. The van der Waals surface area contributed by atoms with Gasteiger partial charge < -0.3 is 0 Å². The molecule has 1 amide bonds. The van der Waals surface area contributed by atoms with Crippen molar-refractivity contribution in [1.82, 2.24) is 9.71 Å². The number of amides is 1. The van der Waals surface area contributed by atoms with E-state index in [2.05, 4.69) is 4.98 Å². The van der Waals surface area contributed by atoms with Crippen LogP contribution in [-0.4, -0.2) is 19.3 Å². The summed E-state index contributed by atoms with van der Waals surface area (Å²) >= 11 is 7.05. The number of hydrogen-bond donors (Lipinski definition) is 1. The lowest BCUT2D eigenvalue weighted by Crippen LogP contribution is -2.28. The van der Waals surface area contributed by atoms with Crippen molar-refractivity contribution in [3.63, 3.8) is 0 Å². The number of carbonyl (C=O) groups excluding carboxylic acids is 1. The first-order valence-corrected chi connectivity index (χ1v) is 8.11. The van der Waals surface area contributed by atoms with Gasteiger partial charge in [0.15, 0.2) is 0 Å². The van der Waals surface area contributed by atoms with E-state index in [0.29, 0.717) is 5.01 Å². The number of benzene rings is 1. The van der Waals surface area contributed by atoms with Crippen LogP contribution in [0.25, 0.3) is 6.08 Å². The van der Waals surface area contributed by atoms with Crippen LogP contribution in [0.3, 0.4) is 0 Å². The van der Waals surface area contributed by atoms with Crippen LogP contribution in [0.5, 0.6) is 0 Å². The summed E-state index contributed by atoms with van der Waals surface area (Å²) in [5.41, 5.74) is 0. The summed E-state index contributed by atoms with van der Waals surface area (Å²) in [5.74, 6) is -0.750. The fourth-order valence-corrected chi connectivity index (χ4v) is 3.10. The molecule has 1 heterocycles. The second kappa shape index (κ2) is 6.17. The highest BCUT2D eigenvalue weighted by Gasteiger charge is 2.16. The summed E-state index contributed by atoms with van der Waals surface area (Å²) in [7, 11) is -3.93. The van der Waals surface area contributed by atoms with E-state index in [1.54, 1.807) is 17.6 Å². The third-order valence-corrected chi connectivity index (χ3v) is 4.49. The van der Waals surface area contributed by atoms with Crippen LogP contribution in [0.1, 0.15) is 5.01 Å². The molecule has 8 heteroatoms. The van der Waals surface area contributed by atoms with Crippen molar-refractivity contribution in [3.8, 4) is 0 Å². The second-order valence-electron chi connectivity index (χ2n) is 3.63. The second-order valence-corrected chi connectivity index (χ2v) is 6.68. The van der Waals surface area contributed by atoms with Crippen molar-refractivity contribution in [2.24, 2.45) is 0 Å². The Bertz CT molecular complexity index is 740. The zero-order valence-corrected chi connectivity index (χ0v) is 12.4. The molecule has 0 spiro atoms. The average Bonchev–Trinajstić information content (AvgIpc) is 2.89. The standard InChI is InChI=1S/C12H9ClN2O3S2/c13-9-2-1-3-10(8-9)20(17,18)15-11(16)4-5-12-14-6-7-19-12/h1-8H,(H,15,16). The normalized spacial score (nSPS) is 11.7. The van der Waals surface area contributed by atoms with Crippen LogP contribution in [0.15, 0.2) is 46.8 Å². The molecule has 0 aliphatic heterocycles. The summed E-state index contributed by atoms with van der Waals surface area (Å²) in [6, 6.07) is 5.66. The maximum Gasteiger partial charge on any atom is 0.264 e. The highest BCUT2D eigenvalue weighted by molar-refractivity contribution is 7.90. The van der Waals surface area contributed by atoms with E-state index in [4.69, 9.17) is 11.6 Å². The first-order valence-electron chi connectivity index (χ1n) is 5.37. The van der Waals surface area contributed by atoms with Crippen LogP contribution in [0, 0.1) is 0 Å². The average molecular weight is 329 g/mol. The minimum absolute atomic E-state index is 0.0685. The monoisotopic (exact) mass is 328 g/mol. The minimum Gasteiger partial charge on any atom is -0.269 e. The molecule has 2 aromatic rings. The van der Waals surface area contributed by atoms with Crippen molar-refractivity contribution in [3.05, 3.63) is 51.9 Å². The van der Waals surface area contributed by atoms with Gasteiger partial charge >= 0.3 is 0 Å². The van der Waals surface area contributed by atoms with Crippen molar-refractivity contribution in [2.45, 2.75) is 4.90 Å². The number of nitrogens with one attached hydrogen (secondary N) is 1. The SMILES string of the molecule is O=C(C=Cc1nccs1)NS(=O)(=O)c1cccc(Cl)c1. The van der Waals surface area contributed by atoms with Crippen molar-refractivity contribution < 1.29 is 13.2 Å². The molecule has 1 aromatic heterocycles. The van der Waals surface area contributed by atoms with Crippen LogP contribution in [-0.2, 0) is 14.8 Å². The van der Waals surface area contributed by atoms with Crippen molar-refractivity contribution >= 4 is 44.9 Å². The van der Waals surface area contributed by atoms with E-state index in [1.165, 1.54) is 35.6 Å². The third kappa shape index (κ3) is 3.89. The molecule has 0 aliphatic rings. The summed E-state index contributed by atoms with van der Waals surface area (Å²) in [4.78, 5) is 15.4. The molecule has 0 radical (unpaired) electrons. The van der Waals surface area contributed by atoms with E-state index in [9.17, 15) is 13.2 Å². The first-order chi connectivity index (χ1) is 9.47. The Morgan fingerprint density at radius 3 is 2.85 bits per heavy atom. The minimum atomic E-state index is -3.93. The number of thiazole rings is 1. The molecular formula is C12H9ClN2O3S2. The molecule has 20 heavy (non-hydrogen) atoms. The zero-order chi connectivity index (χ0) is 14.6. The summed E-state index contributed by atoms with van der Waals surface area (Å²) < 4.78 is 25.8. The summed E-state index contributed by atoms with van der Waals surface area (Å²) in [6.07, 6.45) is 4.14. The number of aromatic nitrogens is 1. The Hall–Kier alpha value is -1.70. The molecule has 0 unspecified atom stereocenters. The van der Waals surface area contributed by atoms with Gasteiger partial charge in [-0.1, -0.05) is 17.7 Å². The van der Waals surface area contributed by atoms with Gasteiger partial charge in [-0.3, -0.25) is 4.79 Å². The molecule has 1 aromatic carbocycles. The summed E-state index contributed by atoms with van der Waals surface area (Å²) in [5, 5.41) is 2.64. The lowest BCUT2D eigenvalue weighted by atomic mass is 10.4. The van der Waals surface area contributed by atoms with Gasteiger partial charge in [0.25, 0.3) is 15.9 Å². The molecule has 1 N–H and O–H groups in total. The smallest absolute Gasteiger partial charge is 0.264 e. The predicted octanol–water partition coefficient (Wildman–Crippen LogP) is 2.31. The van der Waals surface area contributed by atoms with E-state index >= 15 is 0 Å². The highest BCUT2D eigenvalue weighted by Crippen LogP contribution is 2.15. The van der Waals surface area contributed by atoms with Crippen LogP contribution >= 0.6 is 22.9 Å². The van der Waals surface area contributed by atoms with E-state index in [-0.39, 0.29) is 9.92 Å². The van der Waals surface area contributed by atoms with Crippen LogP contribution in [0.2, 0.25) is 5.02 Å². The number of rotatable bonds is 4. The van der Waals surface area contributed by atoms with Crippen molar-refractivity contribution in [2.75, 3.05) is 0 Å². The number of halogens is 1. The fraction of sp³-hybridized carbons (Fsp3) is 0. The van der Waals surface area contributed by atoms with Gasteiger partial charge in [-0.2, -0.15) is 0 Å². The third-order valence-electron chi connectivity index (χ3n) is 2.17. The molecule has 0 fully saturated rings. The van der Waals surface area contributed by atoms with Gasteiger partial charge in [0, 0.05) is 22.7 Å². The fourth-order valence-electron chi connectivity index (χ4n) is 1.32. The Morgan fingerprint density at radius 2 is 2.20 bits per heavy atom. The summed E-state index contributed by atoms with van der Waals surface area (Å²) in [6.45, 7) is 0. The molecule has 104 valence electrons. The molecule has 0 bridgehead atoms. The number of hydrogen-bond acceptors (Lipinski definition) is 5. The van der Waals surface area contributed by atoms with Gasteiger partial charge in [-0.15, -0.1) is 11.3 Å². The van der Waals surface area contributed by atoms with Gasteiger partial charge in [0.1, 0.15) is 5.01 Å².